The molecular formula is C15H19NO. The number of benzene rings is 1. The summed E-state index contributed by atoms with van der Waals surface area (Å²) >= 11 is 0. The predicted molar refractivity (Wildman–Crippen MR) is 68.4 cm³/mol. The number of carbonyl (C=O) groups is 1. The summed E-state index contributed by atoms with van der Waals surface area (Å²) in [5.41, 5.74) is 5.13. The summed E-state index contributed by atoms with van der Waals surface area (Å²) in [6.07, 6.45) is 5.94. The van der Waals surface area contributed by atoms with Crippen LogP contribution in [-0.4, -0.2) is 12.5 Å². The van der Waals surface area contributed by atoms with Gasteiger partial charge in [-0.1, -0.05) is 19.4 Å². The molecule has 90 valence electrons. The van der Waals surface area contributed by atoms with E-state index in [0.29, 0.717) is 5.92 Å². The zero-order valence-corrected chi connectivity index (χ0v) is 10.4. The Labute approximate surface area is 102 Å². The Morgan fingerprint density at radius 2 is 2.06 bits per heavy atom. The van der Waals surface area contributed by atoms with Gasteiger partial charge in [0.1, 0.15) is 0 Å². The van der Waals surface area contributed by atoms with Gasteiger partial charge in [-0.25, -0.2) is 0 Å². The van der Waals surface area contributed by atoms with E-state index >= 15 is 0 Å². The second kappa shape index (κ2) is 4.17. The van der Waals surface area contributed by atoms with Crippen molar-refractivity contribution in [3.05, 3.63) is 34.4 Å². The van der Waals surface area contributed by atoms with Gasteiger partial charge in [0, 0.05) is 18.0 Å². The molecule has 1 aliphatic heterocycles. The van der Waals surface area contributed by atoms with Crippen molar-refractivity contribution >= 4 is 5.91 Å². The molecule has 1 aliphatic carbocycles. The van der Waals surface area contributed by atoms with Gasteiger partial charge in [-0.3, -0.25) is 4.79 Å². The summed E-state index contributed by atoms with van der Waals surface area (Å²) < 4.78 is 0. The molecule has 0 saturated heterocycles. The highest BCUT2D eigenvalue weighted by Crippen LogP contribution is 2.33. The summed E-state index contributed by atoms with van der Waals surface area (Å²) in [4.78, 5) is 11.9. The van der Waals surface area contributed by atoms with Gasteiger partial charge in [-0.15, -0.1) is 0 Å². The van der Waals surface area contributed by atoms with Crippen LogP contribution in [0.3, 0.4) is 0 Å². The number of hydrogen-bond donors (Lipinski definition) is 1. The number of nitrogens with one attached hydrogen (secondary N) is 1. The first kappa shape index (κ1) is 10.8. The van der Waals surface area contributed by atoms with Crippen molar-refractivity contribution in [1.29, 1.82) is 0 Å². The van der Waals surface area contributed by atoms with Crippen molar-refractivity contribution in [2.45, 2.75) is 44.9 Å². The van der Waals surface area contributed by atoms with E-state index in [-0.39, 0.29) is 5.91 Å². The van der Waals surface area contributed by atoms with Crippen LogP contribution in [-0.2, 0) is 12.8 Å². The maximum absolute atomic E-state index is 11.9. The Kier molecular flexibility index (Phi) is 2.65. The molecule has 17 heavy (non-hydrogen) atoms. The Morgan fingerprint density at radius 3 is 2.82 bits per heavy atom. The standard InChI is InChI=1S/C15H19NO/c1-2-4-12-9-16-15(17)14-8-11-6-3-5-10(11)7-13(12)14/h7-8,12H,2-6,9H2,1H3,(H,16,17). The molecule has 0 saturated carbocycles. The van der Waals surface area contributed by atoms with Crippen molar-refractivity contribution in [2.75, 3.05) is 6.54 Å². The lowest BCUT2D eigenvalue weighted by Gasteiger charge is -2.26. The SMILES string of the molecule is CCCC1CNC(=O)c2cc3c(cc21)CCC3. The summed E-state index contributed by atoms with van der Waals surface area (Å²) in [5, 5.41) is 3.03. The van der Waals surface area contributed by atoms with E-state index in [2.05, 4.69) is 24.4 Å². The minimum atomic E-state index is 0.127. The molecule has 2 aliphatic rings. The van der Waals surface area contributed by atoms with E-state index < -0.39 is 0 Å². The van der Waals surface area contributed by atoms with Gasteiger partial charge in [0.25, 0.3) is 5.91 Å². The molecule has 0 fully saturated rings. The summed E-state index contributed by atoms with van der Waals surface area (Å²) in [6.45, 7) is 3.03. The molecule has 3 rings (SSSR count). The maximum Gasteiger partial charge on any atom is 0.251 e. The first-order valence-electron chi connectivity index (χ1n) is 6.73. The maximum atomic E-state index is 11.9. The number of carbonyl (C=O) groups excluding carboxylic acids is 1. The Balaban J connectivity index is 2.07. The highest BCUT2D eigenvalue weighted by atomic mass is 16.1. The van der Waals surface area contributed by atoms with Gasteiger partial charge in [0.2, 0.25) is 0 Å². The molecule has 1 heterocycles. The van der Waals surface area contributed by atoms with Crippen LogP contribution in [0.4, 0.5) is 0 Å². The van der Waals surface area contributed by atoms with Crippen LogP contribution in [0.25, 0.3) is 0 Å². The van der Waals surface area contributed by atoms with E-state index in [1.54, 1.807) is 0 Å². The van der Waals surface area contributed by atoms with Crippen molar-refractivity contribution in [3.63, 3.8) is 0 Å². The molecule has 1 aromatic carbocycles. The van der Waals surface area contributed by atoms with Gasteiger partial charge in [-0.2, -0.15) is 0 Å². The summed E-state index contributed by atoms with van der Waals surface area (Å²) in [6, 6.07) is 4.46. The zero-order valence-electron chi connectivity index (χ0n) is 10.4. The number of fused-ring (bicyclic) bond motifs is 2. The number of amides is 1. The van der Waals surface area contributed by atoms with E-state index in [1.165, 1.54) is 42.4 Å². The number of hydrogen-bond acceptors (Lipinski definition) is 1. The summed E-state index contributed by atoms with van der Waals surface area (Å²) in [7, 11) is 0. The Morgan fingerprint density at radius 1 is 1.29 bits per heavy atom. The molecule has 0 bridgehead atoms. The highest BCUT2D eigenvalue weighted by Gasteiger charge is 2.27. The topological polar surface area (TPSA) is 29.1 Å². The predicted octanol–water partition coefficient (Wildman–Crippen LogP) is 2.80. The lowest BCUT2D eigenvalue weighted by Crippen LogP contribution is -2.35. The van der Waals surface area contributed by atoms with Gasteiger partial charge >= 0.3 is 0 Å². The number of rotatable bonds is 2. The minimum absolute atomic E-state index is 0.127. The molecule has 0 spiro atoms. The van der Waals surface area contributed by atoms with E-state index in [4.69, 9.17) is 0 Å². The smallest absolute Gasteiger partial charge is 0.251 e. The van der Waals surface area contributed by atoms with Crippen LogP contribution in [0.15, 0.2) is 12.1 Å². The zero-order chi connectivity index (χ0) is 11.8. The van der Waals surface area contributed by atoms with Gasteiger partial charge in [0.05, 0.1) is 0 Å². The van der Waals surface area contributed by atoms with Crippen LogP contribution in [0.2, 0.25) is 0 Å². The van der Waals surface area contributed by atoms with Crippen LogP contribution in [0.1, 0.15) is 59.2 Å². The number of aryl methyl sites for hydroxylation is 2. The van der Waals surface area contributed by atoms with E-state index in [1.807, 2.05) is 0 Å². The molecule has 1 N–H and O–H groups in total. The Bertz CT molecular complexity index is 464. The van der Waals surface area contributed by atoms with Gasteiger partial charge in [0.15, 0.2) is 0 Å². The third-order valence-corrected chi connectivity index (χ3v) is 4.09. The molecule has 2 nitrogen and oxygen atoms in total. The van der Waals surface area contributed by atoms with Crippen molar-refractivity contribution in [1.82, 2.24) is 5.32 Å². The van der Waals surface area contributed by atoms with Crippen LogP contribution >= 0.6 is 0 Å². The van der Waals surface area contributed by atoms with Crippen LogP contribution in [0.5, 0.6) is 0 Å². The summed E-state index contributed by atoms with van der Waals surface area (Å²) in [5.74, 6) is 0.653. The fourth-order valence-corrected chi connectivity index (χ4v) is 3.20. The molecule has 0 radical (unpaired) electrons. The molecular weight excluding hydrogens is 210 g/mol. The van der Waals surface area contributed by atoms with Crippen molar-refractivity contribution in [2.24, 2.45) is 0 Å². The average Bonchev–Trinajstić information content (AvgIpc) is 2.78. The first-order chi connectivity index (χ1) is 8.29. The molecule has 1 atom stereocenters. The van der Waals surface area contributed by atoms with E-state index in [0.717, 1.165) is 18.5 Å². The van der Waals surface area contributed by atoms with Crippen molar-refractivity contribution in [3.8, 4) is 0 Å². The molecule has 1 aromatic rings. The Hall–Kier alpha value is -1.31. The monoisotopic (exact) mass is 229 g/mol. The van der Waals surface area contributed by atoms with Gasteiger partial charge < -0.3 is 5.32 Å². The normalized spacial score (nSPS) is 21.9. The third-order valence-electron chi connectivity index (χ3n) is 4.09. The van der Waals surface area contributed by atoms with Crippen molar-refractivity contribution < 1.29 is 4.79 Å². The fraction of sp³-hybridized carbons (Fsp3) is 0.533. The molecule has 0 aromatic heterocycles. The highest BCUT2D eigenvalue weighted by molar-refractivity contribution is 5.97. The lowest BCUT2D eigenvalue weighted by atomic mass is 9.85. The molecule has 1 amide bonds. The quantitative estimate of drug-likeness (QED) is 0.830. The van der Waals surface area contributed by atoms with E-state index in [9.17, 15) is 4.79 Å². The molecule has 1 unspecified atom stereocenters. The van der Waals surface area contributed by atoms with Crippen LogP contribution < -0.4 is 5.32 Å². The lowest BCUT2D eigenvalue weighted by molar-refractivity contribution is 0.0939. The van der Waals surface area contributed by atoms with Crippen LogP contribution in [0, 0.1) is 0 Å². The second-order valence-electron chi connectivity index (χ2n) is 5.26. The molecule has 2 heteroatoms. The third kappa shape index (κ3) is 1.76. The second-order valence-corrected chi connectivity index (χ2v) is 5.26. The van der Waals surface area contributed by atoms with Gasteiger partial charge in [-0.05, 0) is 48.4 Å². The fourth-order valence-electron chi connectivity index (χ4n) is 3.20. The average molecular weight is 229 g/mol. The largest absolute Gasteiger partial charge is 0.351 e. The first-order valence-corrected chi connectivity index (χ1v) is 6.73. The minimum Gasteiger partial charge on any atom is -0.351 e.